The van der Waals surface area contributed by atoms with Crippen molar-refractivity contribution in [2.75, 3.05) is 19.6 Å². The Morgan fingerprint density at radius 3 is 2.94 bits per heavy atom. The van der Waals surface area contributed by atoms with Gasteiger partial charge in [0, 0.05) is 24.9 Å². The summed E-state index contributed by atoms with van der Waals surface area (Å²) in [6.45, 7) is 5.82. The summed E-state index contributed by atoms with van der Waals surface area (Å²) in [5.41, 5.74) is 1.02. The molecule has 0 aliphatic heterocycles. The SMILES string of the molecule is CCN(CCc1nc(CCl)cs1)CC1CC1. The van der Waals surface area contributed by atoms with Crippen LogP contribution in [0.2, 0.25) is 0 Å². The fourth-order valence-electron chi connectivity index (χ4n) is 1.82. The number of nitrogens with zero attached hydrogens (tertiary/aromatic N) is 2. The van der Waals surface area contributed by atoms with Gasteiger partial charge >= 0.3 is 0 Å². The molecule has 1 aliphatic rings. The Labute approximate surface area is 107 Å². The van der Waals surface area contributed by atoms with E-state index in [9.17, 15) is 0 Å². The zero-order valence-electron chi connectivity index (χ0n) is 9.79. The summed E-state index contributed by atoms with van der Waals surface area (Å²) in [6.07, 6.45) is 3.94. The molecule has 0 amide bonds. The number of thiazole rings is 1. The number of hydrogen-bond acceptors (Lipinski definition) is 3. The van der Waals surface area contributed by atoms with Crippen molar-refractivity contribution in [3.05, 3.63) is 16.1 Å². The maximum atomic E-state index is 5.74. The van der Waals surface area contributed by atoms with Crippen LogP contribution >= 0.6 is 22.9 Å². The fourth-order valence-corrected chi connectivity index (χ4v) is 2.84. The van der Waals surface area contributed by atoms with Gasteiger partial charge in [-0.15, -0.1) is 22.9 Å². The van der Waals surface area contributed by atoms with Crippen LogP contribution < -0.4 is 0 Å². The Morgan fingerprint density at radius 1 is 1.56 bits per heavy atom. The summed E-state index contributed by atoms with van der Waals surface area (Å²) in [5.74, 6) is 1.52. The van der Waals surface area contributed by atoms with Gasteiger partial charge in [-0.2, -0.15) is 0 Å². The molecular formula is C12H19ClN2S. The first-order valence-corrected chi connectivity index (χ1v) is 7.44. The normalized spacial score (nSPS) is 15.9. The van der Waals surface area contributed by atoms with E-state index in [1.165, 1.54) is 24.4 Å². The molecule has 0 aromatic carbocycles. The van der Waals surface area contributed by atoms with Crippen molar-refractivity contribution in [1.82, 2.24) is 9.88 Å². The van der Waals surface area contributed by atoms with Crippen LogP contribution in [0.5, 0.6) is 0 Å². The molecule has 1 aliphatic carbocycles. The van der Waals surface area contributed by atoms with Crippen molar-refractivity contribution in [2.24, 2.45) is 5.92 Å². The van der Waals surface area contributed by atoms with Gasteiger partial charge in [0.05, 0.1) is 16.6 Å². The van der Waals surface area contributed by atoms with Crippen LogP contribution in [0, 0.1) is 5.92 Å². The van der Waals surface area contributed by atoms with E-state index >= 15 is 0 Å². The van der Waals surface area contributed by atoms with Crippen LogP contribution in [-0.4, -0.2) is 29.5 Å². The number of aromatic nitrogens is 1. The van der Waals surface area contributed by atoms with Crippen molar-refractivity contribution < 1.29 is 0 Å². The molecule has 4 heteroatoms. The zero-order valence-corrected chi connectivity index (χ0v) is 11.4. The summed E-state index contributed by atoms with van der Waals surface area (Å²) in [7, 11) is 0. The molecule has 0 radical (unpaired) electrons. The van der Waals surface area contributed by atoms with Crippen LogP contribution in [0.3, 0.4) is 0 Å². The Balaban J connectivity index is 1.75. The minimum absolute atomic E-state index is 0.538. The van der Waals surface area contributed by atoms with E-state index in [2.05, 4.69) is 22.2 Å². The topological polar surface area (TPSA) is 16.1 Å². The van der Waals surface area contributed by atoms with Crippen LogP contribution in [0.25, 0.3) is 0 Å². The van der Waals surface area contributed by atoms with Gasteiger partial charge in [-0.25, -0.2) is 4.98 Å². The third-order valence-corrected chi connectivity index (χ3v) is 4.27. The lowest BCUT2D eigenvalue weighted by atomic mass is 10.3. The molecular weight excluding hydrogens is 240 g/mol. The van der Waals surface area contributed by atoms with Crippen LogP contribution in [0.1, 0.15) is 30.5 Å². The number of likely N-dealkylation sites (N-methyl/N-ethyl adjacent to an activating group) is 1. The highest BCUT2D eigenvalue weighted by atomic mass is 35.5. The van der Waals surface area contributed by atoms with Crippen molar-refractivity contribution in [2.45, 2.75) is 32.1 Å². The molecule has 2 nitrogen and oxygen atoms in total. The van der Waals surface area contributed by atoms with Gasteiger partial charge in [0.15, 0.2) is 0 Å². The van der Waals surface area contributed by atoms with Crippen LogP contribution in [0.4, 0.5) is 0 Å². The van der Waals surface area contributed by atoms with Crippen LogP contribution in [0.15, 0.2) is 5.38 Å². The third-order valence-electron chi connectivity index (χ3n) is 3.04. The summed E-state index contributed by atoms with van der Waals surface area (Å²) in [4.78, 5) is 7.03. The second kappa shape index (κ2) is 5.99. The van der Waals surface area contributed by atoms with E-state index in [0.29, 0.717) is 5.88 Å². The fraction of sp³-hybridized carbons (Fsp3) is 0.750. The highest BCUT2D eigenvalue weighted by Crippen LogP contribution is 2.29. The number of rotatable bonds is 7. The van der Waals surface area contributed by atoms with E-state index in [1.54, 1.807) is 11.3 Å². The Kier molecular flexibility index (Phi) is 4.62. The smallest absolute Gasteiger partial charge is 0.0941 e. The van der Waals surface area contributed by atoms with Crippen molar-refractivity contribution in [3.63, 3.8) is 0 Å². The van der Waals surface area contributed by atoms with Gasteiger partial charge in [0.1, 0.15) is 0 Å². The highest BCUT2D eigenvalue weighted by molar-refractivity contribution is 7.09. The molecule has 1 saturated carbocycles. The largest absolute Gasteiger partial charge is 0.303 e. The monoisotopic (exact) mass is 258 g/mol. The summed E-state index contributed by atoms with van der Waals surface area (Å²) in [6, 6.07) is 0. The molecule has 90 valence electrons. The molecule has 1 fully saturated rings. The molecule has 0 bridgehead atoms. The second-order valence-corrected chi connectivity index (χ2v) is 5.66. The lowest BCUT2D eigenvalue weighted by molar-refractivity contribution is 0.280. The molecule has 1 heterocycles. The molecule has 1 aromatic rings. The Bertz CT molecular complexity index is 323. The van der Waals surface area contributed by atoms with E-state index in [0.717, 1.165) is 31.1 Å². The summed E-state index contributed by atoms with van der Waals surface area (Å²) in [5, 5.41) is 3.30. The second-order valence-electron chi connectivity index (χ2n) is 4.45. The van der Waals surface area contributed by atoms with Crippen molar-refractivity contribution in [3.8, 4) is 0 Å². The lowest BCUT2D eigenvalue weighted by Gasteiger charge is -2.19. The predicted molar refractivity (Wildman–Crippen MR) is 70.2 cm³/mol. The standard InChI is InChI=1S/C12H19ClN2S/c1-2-15(8-10-3-4-10)6-5-12-14-11(7-13)9-16-12/h9-10H,2-8H2,1H3. The van der Waals surface area contributed by atoms with Crippen molar-refractivity contribution >= 4 is 22.9 Å². The molecule has 0 spiro atoms. The molecule has 0 unspecified atom stereocenters. The third kappa shape index (κ3) is 3.72. The van der Waals surface area contributed by atoms with Gasteiger partial charge in [0.2, 0.25) is 0 Å². The van der Waals surface area contributed by atoms with Gasteiger partial charge in [0.25, 0.3) is 0 Å². The number of hydrogen-bond donors (Lipinski definition) is 0. The molecule has 1 aromatic heterocycles. The highest BCUT2D eigenvalue weighted by Gasteiger charge is 2.23. The van der Waals surface area contributed by atoms with Gasteiger partial charge in [-0.3, -0.25) is 0 Å². The van der Waals surface area contributed by atoms with E-state index in [1.807, 2.05) is 0 Å². The molecule has 0 atom stereocenters. The van der Waals surface area contributed by atoms with Gasteiger partial charge in [-0.1, -0.05) is 6.92 Å². The first-order chi connectivity index (χ1) is 7.81. The first kappa shape index (κ1) is 12.3. The minimum Gasteiger partial charge on any atom is -0.303 e. The Morgan fingerprint density at radius 2 is 2.38 bits per heavy atom. The Hall–Kier alpha value is -0.120. The summed E-state index contributed by atoms with van der Waals surface area (Å²) >= 11 is 7.48. The molecule has 2 rings (SSSR count). The van der Waals surface area contributed by atoms with E-state index < -0.39 is 0 Å². The van der Waals surface area contributed by atoms with E-state index in [-0.39, 0.29) is 0 Å². The summed E-state index contributed by atoms with van der Waals surface area (Å²) < 4.78 is 0. The van der Waals surface area contributed by atoms with Crippen LogP contribution in [-0.2, 0) is 12.3 Å². The zero-order chi connectivity index (χ0) is 11.4. The molecule has 0 saturated heterocycles. The quantitative estimate of drug-likeness (QED) is 0.699. The van der Waals surface area contributed by atoms with Crippen molar-refractivity contribution in [1.29, 1.82) is 0 Å². The average molecular weight is 259 g/mol. The lowest BCUT2D eigenvalue weighted by Crippen LogP contribution is -2.28. The maximum Gasteiger partial charge on any atom is 0.0941 e. The molecule has 0 N–H and O–H groups in total. The number of alkyl halides is 1. The minimum atomic E-state index is 0.538. The van der Waals surface area contributed by atoms with E-state index in [4.69, 9.17) is 11.6 Å². The first-order valence-electron chi connectivity index (χ1n) is 6.03. The van der Waals surface area contributed by atoms with Gasteiger partial charge in [-0.05, 0) is 25.3 Å². The maximum absolute atomic E-state index is 5.74. The van der Waals surface area contributed by atoms with Gasteiger partial charge < -0.3 is 4.90 Å². The molecule has 16 heavy (non-hydrogen) atoms. The number of halogens is 1. The average Bonchev–Trinajstić information content (AvgIpc) is 3.00. The predicted octanol–water partition coefficient (Wildman–Crippen LogP) is 3.16.